The summed E-state index contributed by atoms with van der Waals surface area (Å²) < 4.78 is 0. The number of benzene rings is 1. The molecule has 1 fully saturated rings. The van der Waals surface area contributed by atoms with Crippen molar-refractivity contribution < 1.29 is 24.3 Å². The fraction of sp³-hybridized carbons (Fsp3) is 0.524. The molecule has 3 unspecified atom stereocenters. The molecule has 1 aromatic rings. The van der Waals surface area contributed by atoms with Gasteiger partial charge in [-0.25, -0.2) is 4.79 Å². The lowest BCUT2D eigenvalue weighted by molar-refractivity contribution is -0.143. The molecule has 0 aromatic heterocycles. The van der Waals surface area contributed by atoms with E-state index in [1.807, 2.05) is 30.3 Å². The monoisotopic (exact) mass is 418 g/mol. The molecule has 3 amide bonds. The third kappa shape index (κ3) is 7.14. The van der Waals surface area contributed by atoms with Crippen LogP contribution in [0.25, 0.3) is 0 Å². The lowest BCUT2D eigenvalue weighted by Gasteiger charge is -2.21. The maximum atomic E-state index is 12.7. The normalized spacial score (nSPS) is 17.8. The zero-order chi connectivity index (χ0) is 22.1. The number of hydrogen-bond donors (Lipinski definition) is 5. The molecule has 9 heteroatoms. The number of carbonyl (C=O) groups is 4. The quantitative estimate of drug-likeness (QED) is 0.357. The fourth-order valence-electron chi connectivity index (χ4n) is 3.27. The number of aliphatic carboxylic acids is 1. The second-order valence-corrected chi connectivity index (χ2v) is 7.75. The molecule has 0 saturated carbocycles. The molecule has 164 valence electrons. The van der Waals surface area contributed by atoms with E-state index in [9.17, 15) is 19.2 Å². The van der Waals surface area contributed by atoms with Crippen molar-refractivity contribution in [1.82, 2.24) is 21.3 Å². The molecule has 5 N–H and O–H groups in total. The van der Waals surface area contributed by atoms with Crippen molar-refractivity contribution in [3.05, 3.63) is 35.9 Å². The Morgan fingerprint density at radius 2 is 1.83 bits per heavy atom. The highest BCUT2D eigenvalue weighted by Crippen LogP contribution is 2.08. The summed E-state index contributed by atoms with van der Waals surface area (Å²) >= 11 is 0. The summed E-state index contributed by atoms with van der Waals surface area (Å²) in [6, 6.07) is 7.03. The van der Waals surface area contributed by atoms with Crippen LogP contribution in [-0.2, 0) is 25.6 Å². The van der Waals surface area contributed by atoms with Crippen molar-refractivity contribution in [2.75, 3.05) is 13.1 Å². The van der Waals surface area contributed by atoms with Crippen molar-refractivity contribution in [3.8, 4) is 0 Å². The summed E-state index contributed by atoms with van der Waals surface area (Å²) in [5.41, 5.74) is 0.868. The lowest BCUT2D eigenvalue weighted by Crippen LogP contribution is -2.54. The lowest BCUT2D eigenvalue weighted by atomic mass is 10.0. The van der Waals surface area contributed by atoms with Crippen molar-refractivity contribution in [3.63, 3.8) is 0 Å². The average Bonchev–Trinajstić information content (AvgIpc) is 3.25. The van der Waals surface area contributed by atoms with Gasteiger partial charge in [-0.15, -0.1) is 0 Å². The minimum absolute atomic E-state index is 0.251. The largest absolute Gasteiger partial charge is 0.480 e. The highest BCUT2D eigenvalue weighted by Gasteiger charge is 2.28. The minimum atomic E-state index is -1.14. The molecule has 0 radical (unpaired) electrons. The van der Waals surface area contributed by atoms with Gasteiger partial charge in [0.15, 0.2) is 0 Å². The second-order valence-electron chi connectivity index (χ2n) is 7.75. The molecular weight excluding hydrogens is 388 g/mol. The summed E-state index contributed by atoms with van der Waals surface area (Å²) in [5, 5.41) is 19.9. The molecule has 30 heavy (non-hydrogen) atoms. The van der Waals surface area contributed by atoms with Crippen molar-refractivity contribution in [2.45, 2.75) is 51.2 Å². The van der Waals surface area contributed by atoms with E-state index < -0.39 is 29.9 Å². The Kier molecular flexibility index (Phi) is 8.79. The standard InChI is InChI=1S/C21H30N4O5/c1-13(2)18(21(29)30)25-17(26)12-23-19(27)16(11-14-7-4-3-5-8-14)24-20(28)15-9-6-10-22-15/h3-5,7-8,13,15-16,18,22H,6,9-12H2,1-2H3,(H,23,27)(H,24,28)(H,25,26)(H,29,30). The molecular formula is C21H30N4O5. The molecule has 1 heterocycles. The Morgan fingerprint density at radius 3 is 2.40 bits per heavy atom. The minimum Gasteiger partial charge on any atom is -0.480 e. The molecule has 0 aliphatic carbocycles. The van der Waals surface area contributed by atoms with Crippen LogP contribution in [0.3, 0.4) is 0 Å². The van der Waals surface area contributed by atoms with Crippen LogP contribution in [0, 0.1) is 5.92 Å². The van der Waals surface area contributed by atoms with Crippen LogP contribution in [-0.4, -0.2) is 60.0 Å². The smallest absolute Gasteiger partial charge is 0.326 e. The molecule has 0 bridgehead atoms. The van der Waals surface area contributed by atoms with Crippen LogP contribution in [0.2, 0.25) is 0 Å². The number of rotatable bonds is 10. The van der Waals surface area contributed by atoms with Gasteiger partial charge in [0.2, 0.25) is 17.7 Å². The van der Waals surface area contributed by atoms with E-state index in [4.69, 9.17) is 5.11 Å². The van der Waals surface area contributed by atoms with E-state index in [2.05, 4.69) is 21.3 Å². The van der Waals surface area contributed by atoms with Gasteiger partial charge in [-0.05, 0) is 30.9 Å². The Hall–Kier alpha value is -2.94. The summed E-state index contributed by atoms with van der Waals surface area (Å²) in [6.07, 6.45) is 1.88. The Balaban J connectivity index is 1.98. The topological polar surface area (TPSA) is 137 Å². The summed E-state index contributed by atoms with van der Waals surface area (Å²) in [7, 11) is 0. The number of nitrogens with one attached hydrogen (secondary N) is 4. The van der Waals surface area contributed by atoms with E-state index >= 15 is 0 Å². The molecule has 1 aliphatic heterocycles. The first kappa shape index (κ1) is 23.3. The van der Waals surface area contributed by atoms with Gasteiger partial charge in [-0.3, -0.25) is 14.4 Å². The molecule has 1 aromatic carbocycles. The molecule has 2 rings (SSSR count). The van der Waals surface area contributed by atoms with Crippen LogP contribution >= 0.6 is 0 Å². The highest BCUT2D eigenvalue weighted by atomic mass is 16.4. The summed E-state index contributed by atoms with van der Waals surface area (Å²) in [4.78, 5) is 48.5. The van der Waals surface area contributed by atoms with Crippen LogP contribution in [0.1, 0.15) is 32.3 Å². The van der Waals surface area contributed by atoms with Gasteiger partial charge < -0.3 is 26.4 Å². The van der Waals surface area contributed by atoms with Gasteiger partial charge in [-0.1, -0.05) is 44.2 Å². The first-order valence-corrected chi connectivity index (χ1v) is 10.2. The molecule has 9 nitrogen and oxygen atoms in total. The molecule has 3 atom stereocenters. The molecule has 1 saturated heterocycles. The van der Waals surface area contributed by atoms with Crippen LogP contribution in [0.4, 0.5) is 0 Å². The van der Waals surface area contributed by atoms with Gasteiger partial charge in [0.25, 0.3) is 0 Å². The number of amides is 3. The Morgan fingerprint density at radius 1 is 1.13 bits per heavy atom. The number of carbonyl (C=O) groups excluding carboxylic acids is 3. The van der Waals surface area contributed by atoms with Crippen LogP contribution in [0.5, 0.6) is 0 Å². The number of carboxylic acid groups (broad SMARTS) is 1. The van der Waals surface area contributed by atoms with E-state index in [1.165, 1.54) is 0 Å². The van der Waals surface area contributed by atoms with Gasteiger partial charge in [0.1, 0.15) is 12.1 Å². The van der Waals surface area contributed by atoms with Gasteiger partial charge in [-0.2, -0.15) is 0 Å². The van der Waals surface area contributed by atoms with Crippen LogP contribution in [0.15, 0.2) is 30.3 Å². The highest BCUT2D eigenvalue weighted by molar-refractivity contribution is 5.92. The van der Waals surface area contributed by atoms with E-state index in [0.29, 0.717) is 6.42 Å². The molecule has 0 spiro atoms. The van der Waals surface area contributed by atoms with E-state index in [0.717, 1.165) is 18.5 Å². The van der Waals surface area contributed by atoms with Crippen LogP contribution < -0.4 is 21.3 Å². The molecule has 1 aliphatic rings. The van der Waals surface area contributed by atoms with E-state index in [-0.39, 0.29) is 30.8 Å². The zero-order valence-electron chi connectivity index (χ0n) is 17.3. The zero-order valence-corrected chi connectivity index (χ0v) is 17.3. The van der Waals surface area contributed by atoms with Crippen molar-refractivity contribution in [2.24, 2.45) is 5.92 Å². The van der Waals surface area contributed by atoms with E-state index in [1.54, 1.807) is 13.8 Å². The third-order valence-corrected chi connectivity index (χ3v) is 4.96. The predicted octanol–water partition coefficient (Wildman–Crippen LogP) is -0.192. The first-order chi connectivity index (χ1) is 14.3. The van der Waals surface area contributed by atoms with Gasteiger partial charge in [0, 0.05) is 6.42 Å². The third-order valence-electron chi connectivity index (χ3n) is 4.96. The Labute approximate surface area is 176 Å². The maximum absolute atomic E-state index is 12.7. The van der Waals surface area contributed by atoms with Gasteiger partial charge >= 0.3 is 5.97 Å². The first-order valence-electron chi connectivity index (χ1n) is 10.2. The SMILES string of the molecule is CC(C)C(NC(=O)CNC(=O)C(Cc1ccccc1)NC(=O)C1CCCN1)C(=O)O. The summed E-state index contributed by atoms with van der Waals surface area (Å²) in [5.74, 6) is -2.80. The summed E-state index contributed by atoms with van der Waals surface area (Å²) in [6.45, 7) is 3.74. The van der Waals surface area contributed by atoms with Gasteiger partial charge in [0.05, 0.1) is 12.6 Å². The fourth-order valence-corrected chi connectivity index (χ4v) is 3.27. The number of hydrogen-bond acceptors (Lipinski definition) is 5. The van der Waals surface area contributed by atoms with Crippen molar-refractivity contribution >= 4 is 23.7 Å². The van der Waals surface area contributed by atoms with Crippen molar-refractivity contribution in [1.29, 1.82) is 0 Å². The maximum Gasteiger partial charge on any atom is 0.326 e. The number of carboxylic acids is 1. The Bertz CT molecular complexity index is 747. The second kappa shape index (κ2) is 11.3. The average molecular weight is 418 g/mol. The predicted molar refractivity (Wildman–Crippen MR) is 111 cm³/mol.